The fraction of sp³-hybridized carbons (Fsp3) is 0.538. The van der Waals surface area contributed by atoms with Gasteiger partial charge in [0.05, 0.1) is 12.6 Å². The van der Waals surface area contributed by atoms with Gasteiger partial charge in [-0.3, -0.25) is 4.79 Å². The zero-order chi connectivity index (χ0) is 14.6. The molecule has 0 spiro atoms. The summed E-state index contributed by atoms with van der Waals surface area (Å²) in [6, 6.07) is 1.15. The monoisotopic (exact) mass is 269 g/mol. The first kappa shape index (κ1) is 15.2. The van der Waals surface area contributed by atoms with Crippen LogP contribution in [0.4, 0.5) is 0 Å². The number of nitrogens with zero attached hydrogens (tertiary/aromatic N) is 1. The predicted molar refractivity (Wildman–Crippen MR) is 68.5 cm³/mol. The second-order valence-electron chi connectivity index (χ2n) is 4.33. The highest BCUT2D eigenvalue weighted by Gasteiger charge is 2.24. The van der Waals surface area contributed by atoms with Gasteiger partial charge in [-0.25, -0.2) is 4.79 Å². The van der Waals surface area contributed by atoms with Crippen LogP contribution in [0.3, 0.4) is 0 Å². The van der Waals surface area contributed by atoms with Gasteiger partial charge in [-0.05, 0) is 6.92 Å². The molecule has 1 aromatic heterocycles. The Hall–Kier alpha value is -1.82. The highest BCUT2D eigenvalue weighted by Crippen LogP contribution is 2.18. The third kappa shape index (κ3) is 3.35. The van der Waals surface area contributed by atoms with Crippen LogP contribution in [0, 0.1) is 0 Å². The van der Waals surface area contributed by atoms with Gasteiger partial charge < -0.3 is 19.2 Å². The number of hydrogen-bond acceptors (Lipinski definition) is 4. The van der Waals surface area contributed by atoms with E-state index in [-0.39, 0.29) is 23.3 Å². The fourth-order valence-electron chi connectivity index (χ4n) is 1.70. The maximum atomic E-state index is 12.1. The highest BCUT2D eigenvalue weighted by atomic mass is 16.5. The quantitative estimate of drug-likeness (QED) is 0.849. The lowest BCUT2D eigenvalue weighted by Crippen LogP contribution is -2.37. The second-order valence-corrected chi connectivity index (χ2v) is 4.33. The smallest absolute Gasteiger partial charge is 0.339 e. The number of likely N-dealkylation sites (N-methyl/N-ethyl adjacent to an activating group) is 1. The Labute approximate surface area is 112 Å². The predicted octanol–water partition coefficient (Wildman–Crippen LogP) is 1.65. The molecule has 0 aliphatic heterocycles. The topological polar surface area (TPSA) is 80.0 Å². The van der Waals surface area contributed by atoms with Gasteiger partial charge in [0.25, 0.3) is 5.91 Å². The number of aromatic carboxylic acids is 1. The number of carboxylic acids is 1. The van der Waals surface area contributed by atoms with E-state index in [0.29, 0.717) is 18.8 Å². The van der Waals surface area contributed by atoms with Gasteiger partial charge in [-0.1, -0.05) is 6.92 Å². The van der Waals surface area contributed by atoms with Gasteiger partial charge in [-0.15, -0.1) is 0 Å². The van der Waals surface area contributed by atoms with Crippen LogP contribution in [0.5, 0.6) is 0 Å². The Balaban J connectivity index is 2.97. The summed E-state index contributed by atoms with van der Waals surface area (Å²) in [7, 11) is 3.18. The third-order valence-corrected chi connectivity index (χ3v) is 2.96. The second kappa shape index (κ2) is 6.38. The Kier molecular flexibility index (Phi) is 5.11. The molecule has 1 amide bonds. The lowest BCUT2D eigenvalue weighted by molar-refractivity contribution is 0.0601. The minimum atomic E-state index is -1.09. The lowest BCUT2D eigenvalue weighted by atomic mass is 10.2. The molecule has 1 heterocycles. The third-order valence-electron chi connectivity index (χ3n) is 2.96. The normalized spacial score (nSPS) is 12.2. The largest absolute Gasteiger partial charge is 0.478 e. The summed E-state index contributed by atoms with van der Waals surface area (Å²) in [6.07, 6.45) is 0.423. The van der Waals surface area contributed by atoms with E-state index in [4.69, 9.17) is 14.3 Å². The number of methoxy groups -OCH3 is 1. The zero-order valence-electron chi connectivity index (χ0n) is 11.6. The summed E-state index contributed by atoms with van der Waals surface area (Å²) >= 11 is 0. The minimum Gasteiger partial charge on any atom is -0.478 e. The number of furan rings is 1. The van der Waals surface area contributed by atoms with Gasteiger partial charge in [0.1, 0.15) is 11.3 Å². The van der Waals surface area contributed by atoms with Crippen molar-refractivity contribution in [3.05, 3.63) is 23.2 Å². The van der Waals surface area contributed by atoms with Crippen molar-refractivity contribution in [3.8, 4) is 0 Å². The number of amides is 1. The van der Waals surface area contributed by atoms with Crippen LogP contribution in [0.2, 0.25) is 0 Å². The van der Waals surface area contributed by atoms with E-state index >= 15 is 0 Å². The van der Waals surface area contributed by atoms with Gasteiger partial charge in [0.2, 0.25) is 0 Å². The summed E-state index contributed by atoms with van der Waals surface area (Å²) in [5.41, 5.74) is 0.0404. The van der Waals surface area contributed by atoms with Crippen LogP contribution >= 0.6 is 0 Å². The maximum absolute atomic E-state index is 12.1. The molecule has 1 atom stereocenters. The average molecular weight is 269 g/mol. The summed E-state index contributed by atoms with van der Waals surface area (Å²) in [5, 5.41) is 9.02. The summed E-state index contributed by atoms with van der Waals surface area (Å²) in [5.74, 6) is -1.10. The van der Waals surface area contributed by atoms with Crippen LogP contribution in [-0.4, -0.2) is 48.7 Å². The molecular formula is C13H19NO5. The number of aryl methyl sites for hydroxylation is 1. The molecule has 0 aliphatic rings. The Bertz CT molecular complexity index is 466. The number of carboxylic acid groups (broad SMARTS) is 1. The first-order valence-corrected chi connectivity index (χ1v) is 6.04. The highest BCUT2D eigenvalue weighted by molar-refractivity contribution is 5.96. The Morgan fingerprint density at radius 2 is 2.16 bits per heavy atom. The summed E-state index contributed by atoms with van der Waals surface area (Å²) in [6.45, 7) is 4.01. The summed E-state index contributed by atoms with van der Waals surface area (Å²) < 4.78 is 10.3. The van der Waals surface area contributed by atoms with Gasteiger partial charge >= 0.3 is 5.97 Å². The van der Waals surface area contributed by atoms with Gasteiger partial charge in [0, 0.05) is 26.6 Å². The maximum Gasteiger partial charge on any atom is 0.339 e. The van der Waals surface area contributed by atoms with E-state index in [9.17, 15) is 9.59 Å². The Morgan fingerprint density at radius 3 is 2.58 bits per heavy atom. The van der Waals surface area contributed by atoms with Crippen LogP contribution in [0.15, 0.2) is 10.5 Å². The zero-order valence-corrected chi connectivity index (χ0v) is 11.6. The van der Waals surface area contributed by atoms with Crippen molar-refractivity contribution in [3.63, 3.8) is 0 Å². The number of carbonyl (C=O) groups is 2. The molecule has 1 unspecified atom stereocenters. The van der Waals surface area contributed by atoms with Crippen molar-refractivity contribution < 1.29 is 23.8 Å². The number of hydrogen-bond donors (Lipinski definition) is 1. The number of rotatable bonds is 6. The molecule has 1 aromatic rings. The number of carbonyl (C=O) groups excluding carboxylic acids is 1. The number of ether oxygens (including phenoxy) is 1. The lowest BCUT2D eigenvalue weighted by Gasteiger charge is -2.23. The first-order chi connectivity index (χ1) is 8.92. The average Bonchev–Trinajstić information content (AvgIpc) is 2.81. The molecule has 0 saturated carbocycles. The van der Waals surface area contributed by atoms with Crippen molar-refractivity contribution in [2.24, 2.45) is 0 Å². The SMILES string of the molecule is CCc1oc(C(=O)N(C)C(C)COC)cc1C(=O)O. The first-order valence-electron chi connectivity index (χ1n) is 6.04. The molecule has 0 radical (unpaired) electrons. The standard InChI is InChI=1S/C13H19NO5/c1-5-10-9(13(16)17)6-11(19-10)12(15)14(3)8(2)7-18-4/h6,8H,5,7H2,1-4H3,(H,16,17). The molecule has 1 N–H and O–H groups in total. The Morgan fingerprint density at radius 1 is 1.53 bits per heavy atom. The minimum absolute atomic E-state index is 0.0404. The van der Waals surface area contributed by atoms with Gasteiger partial charge in [0.15, 0.2) is 5.76 Å². The molecule has 19 heavy (non-hydrogen) atoms. The van der Waals surface area contributed by atoms with Crippen LogP contribution in [-0.2, 0) is 11.2 Å². The molecule has 0 fully saturated rings. The van der Waals surface area contributed by atoms with E-state index in [1.165, 1.54) is 11.0 Å². The molecule has 106 valence electrons. The molecule has 1 rings (SSSR count). The van der Waals surface area contributed by atoms with E-state index in [0.717, 1.165) is 0 Å². The van der Waals surface area contributed by atoms with E-state index in [1.807, 2.05) is 6.92 Å². The molecule has 0 aromatic carbocycles. The molecule has 6 nitrogen and oxygen atoms in total. The van der Waals surface area contributed by atoms with E-state index < -0.39 is 5.97 Å². The molecule has 0 aliphatic carbocycles. The van der Waals surface area contributed by atoms with Gasteiger partial charge in [-0.2, -0.15) is 0 Å². The van der Waals surface area contributed by atoms with Crippen LogP contribution < -0.4 is 0 Å². The van der Waals surface area contributed by atoms with Crippen LogP contribution in [0.1, 0.15) is 40.5 Å². The van der Waals surface area contributed by atoms with Crippen molar-refractivity contribution in [2.75, 3.05) is 20.8 Å². The van der Waals surface area contributed by atoms with E-state index in [2.05, 4.69) is 0 Å². The van der Waals surface area contributed by atoms with Crippen molar-refractivity contribution >= 4 is 11.9 Å². The molecule has 0 bridgehead atoms. The van der Waals surface area contributed by atoms with Crippen molar-refractivity contribution in [1.29, 1.82) is 0 Å². The van der Waals surface area contributed by atoms with E-state index in [1.54, 1.807) is 21.1 Å². The molecular weight excluding hydrogens is 250 g/mol. The molecule has 0 saturated heterocycles. The summed E-state index contributed by atoms with van der Waals surface area (Å²) in [4.78, 5) is 24.6. The fourth-order valence-corrected chi connectivity index (χ4v) is 1.70. The van der Waals surface area contributed by atoms with Crippen LogP contribution in [0.25, 0.3) is 0 Å². The van der Waals surface area contributed by atoms with Crippen molar-refractivity contribution in [1.82, 2.24) is 4.90 Å². The van der Waals surface area contributed by atoms with Crippen molar-refractivity contribution in [2.45, 2.75) is 26.3 Å². The molecule has 6 heteroatoms.